The van der Waals surface area contributed by atoms with Crippen LogP contribution in [0.25, 0.3) is 0 Å². The van der Waals surface area contributed by atoms with Gasteiger partial charge in [0.05, 0.1) is 0 Å². The van der Waals surface area contributed by atoms with Crippen molar-refractivity contribution in [2.45, 2.75) is 163 Å². The van der Waals surface area contributed by atoms with Crippen LogP contribution in [0.3, 0.4) is 0 Å². The van der Waals surface area contributed by atoms with Crippen molar-refractivity contribution in [2.24, 2.45) is 57.8 Å². The zero-order chi connectivity index (χ0) is 36.1. The second-order valence-electron chi connectivity index (χ2n) is 18.0. The minimum atomic E-state index is -0.0876. The fourth-order valence-corrected chi connectivity index (χ4v) is 11.2. The molecule has 0 aromatic heterocycles. The standard InChI is InChI=1S/C43H78N4O3.3ClH/c1-32(2)13-10-14-33(3)37-19-20-38-36-18-17-34-31-35(21-23-42(34,4)39(36)22-24-43(37,38)5)50-41(49)16-7-6-15-40(48)47(30-12-26-45)29-9-8-27-46-28-11-25-44;;;/h17,32-33,35-39,46H,6-16,18-31,44-45H2,1-5H3;3*1H/t33-,35+,36+,37-,38+,39+,42+,43-;;;/m1.../s1. The van der Waals surface area contributed by atoms with Crippen LogP contribution in [-0.4, -0.2) is 62.1 Å². The largest absolute Gasteiger partial charge is 0.462 e. The number of rotatable bonds is 22. The molecule has 10 heteroatoms. The number of hydrogen-bond acceptors (Lipinski definition) is 6. The predicted octanol–water partition coefficient (Wildman–Crippen LogP) is 9.66. The maximum absolute atomic E-state index is 13.0. The molecule has 0 spiro atoms. The maximum atomic E-state index is 13.0. The number of allylic oxidation sites excluding steroid dienone is 1. The Balaban J connectivity index is 0.00000468. The summed E-state index contributed by atoms with van der Waals surface area (Å²) in [6.07, 6.45) is 22.9. The van der Waals surface area contributed by atoms with Crippen LogP contribution in [-0.2, 0) is 14.3 Å². The second-order valence-corrected chi connectivity index (χ2v) is 18.0. The summed E-state index contributed by atoms with van der Waals surface area (Å²) in [6.45, 7) is 17.2. The van der Waals surface area contributed by atoms with Gasteiger partial charge in [0.2, 0.25) is 5.91 Å². The third-order valence-electron chi connectivity index (χ3n) is 14.2. The molecule has 4 rings (SSSR count). The van der Waals surface area contributed by atoms with Gasteiger partial charge in [-0.25, -0.2) is 0 Å². The van der Waals surface area contributed by atoms with E-state index >= 15 is 0 Å². The monoisotopic (exact) mass is 807 g/mol. The van der Waals surface area contributed by atoms with E-state index in [4.69, 9.17) is 16.2 Å². The minimum absolute atomic E-state index is 0. The number of carbonyl (C=O) groups excluding carboxylic acids is 2. The number of ether oxygens (including phenoxy) is 1. The van der Waals surface area contributed by atoms with Crippen molar-refractivity contribution in [3.8, 4) is 0 Å². The molecule has 7 nitrogen and oxygen atoms in total. The molecule has 8 atom stereocenters. The number of nitrogens with zero attached hydrogens (tertiary/aromatic N) is 1. The summed E-state index contributed by atoms with van der Waals surface area (Å²) in [5.74, 6) is 5.14. The van der Waals surface area contributed by atoms with Gasteiger partial charge in [0.15, 0.2) is 0 Å². The van der Waals surface area contributed by atoms with Crippen molar-refractivity contribution in [3.05, 3.63) is 11.6 Å². The lowest BCUT2D eigenvalue weighted by Crippen LogP contribution is -2.51. The highest BCUT2D eigenvalue weighted by Gasteiger charge is 2.59. The van der Waals surface area contributed by atoms with Crippen molar-refractivity contribution in [3.63, 3.8) is 0 Å². The van der Waals surface area contributed by atoms with E-state index in [2.05, 4.69) is 46.0 Å². The first kappa shape index (κ1) is 50.4. The Morgan fingerprint density at radius 3 is 2.25 bits per heavy atom. The van der Waals surface area contributed by atoms with E-state index in [1.165, 1.54) is 51.4 Å². The van der Waals surface area contributed by atoms with Crippen LogP contribution in [0.1, 0.15) is 157 Å². The molecule has 5 N–H and O–H groups in total. The first-order valence-corrected chi connectivity index (χ1v) is 21.3. The summed E-state index contributed by atoms with van der Waals surface area (Å²) in [5.41, 5.74) is 13.7. The van der Waals surface area contributed by atoms with Gasteiger partial charge in [0, 0.05) is 32.4 Å². The van der Waals surface area contributed by atoms with Gasteiger partial charge >= 0.3 is 5.97 Å². The van der Waals surface area contributed by atoms with Crippen molar-refractivity contribution in [2.75, 3.05) is 39.3 Å². The van der Waals surface area contributed by atoms with Crippen LogP contribution in [0.5, 0.6) is 0 Å². The summed E-state index contributed by atoms with van der Waals surface area (Å²) < 4.78 is 6.10. The molecular weight excluding hydrogens is 727 g/mol. The smallest absolute Gasteiger partial charge is 0.306 e. The number of hydrogen-bond donors (Lipinski definition) is 3. The number of nitrogens with one attached hydrogen (secondary N) is 1. The molecule has 3 fully saturated rings. The van der Waals surface area contributed by atoms with Crippen molar-refractivity contribution in [1.29, 1.82) is 0 Å². The fourth-order valence-electron chi connectivity index (χ4n) is 11.2. The topological polar surface area (TPSA) is 111 Å². The molecule has 0 bridgehead atoms. The van der Waals surface area contributed by atoms with Crippen molar-refractivity contribution < 1.29 is 14.3 Å². The summed E-state index contributed by atoms with van der Waals surface area (Å²) in [5, 5.41) is 3.41. The van der Waals surface area contributed by atoms with E-state index in [9.17, 15) is 9.59 Å². The average molecular weight is 809 g/mol. The van der Waals surface area contributed by atoms with Gasteiger partial charge in [-0.2, -0.15) is 0 Å². The zero-order valence-electron chi connectivity index (χ0n) is 34.3. The molecule has 0 heterocycles. The van der Waals surface area contributed by atoms with Gasteiger partial charge < -0.3 is 26.4 Å². The number of esters is 1. The SMILES string of the molecule is CC(C)CCC[C@@H](C)[C@H]1CC[C@H]2[C@@H]3CC=C4C[C@@H](OC(=O)CCCCC(=O)N(CCCN)CCCCNCCCN)CC[C@]4(C)[C@H]3CC[C@]12C.Cl.Cl.Cl. The molecule has 0 aliphatic heterocycles. The highest BCUT2D eigenvalue weighted by atomic mass is 35.5. The van der Waals surface area contributed by atoms with Crippen molar-refractivity contribution in [1.82, 2.24) is 10.2 Å². The molecule has 0 aromatic carbocycles. The van der Waals surface area contributed by atoms with Crippen LogP contribution in [0.4, 0.5) is 0 Å². The molecule has 0 unspecified atom stereocenters. The normalized spacial score (nSPS) is 29.3. The molecule has 1 amide bonds. The van der Waals surface area contributed by atoms with Crippen molar-refractivity contribution >= 4 is 49.1 Å². The molecule has 0 aromatic rings. The number of unbranched alkanes of at least 4 members (excludes halogenated alkanes) is 2. The van der Waals surface area contributed by atoms with Gasteiger partial charge in [0.1, 0.15) is 6.10 Å². The molecule has 4 aliphatic rings. The van der Waals surface area contributed by atoms with E-state index in [1.54, 1.807) is 5.57 Å². The number of amides is 1. The highest BCUT2D eigenvalue weighted by molar-refractivity contribution is 5.86. The molecule has 0 radical (unpaired) electrons. The van der Waals surface area contributed by atoms with Gasteiger partial charge in [0.25, 0.3) is 0 Å². The third kappa shape index (κ3) is 13.8. The quantitative estimate of drug-likeness (QED) is 0.0571. The first-order chi connectivity index (χ1) is 24.0. The third-order valence-corrected chi connectivity index (χ3v) is 14.2. The van der Waals surface area contributed by atoms with Crippen LogP contribution in [0, 0.1) is 46.3 Å². The van der Waals surface area contributed by atoms with Crippen LogP contribution in [0.2, 0.25) is 0 Å². The molecule has 3 saturated carbocycles. The predicted molar refractivity (Wildman–Crippen MR) is 229 cm³/mol. The second kappa shape index (κ2) is 24.9. The van der Waals surface area contributed by atoms with E-state index in [1.807, 2.05) is 4.90 Å². The molecular formula is C43H81Cl3N4O3. The lowest BCUT2D eigenvalue weighted by atomic mass is 9.47. The Morgan fingerprint density at radius 2 is 1.53 bits per heavy atom. The van der Waals surface area contributed by atoms with Gasteiger partial charge in [-0.05, 0) is 156 Å². The lowest BCUT2D eigenvalue weighted by molar-refractivity contribution is -0.151. The van der Waals surface area contributed by atoms with Crippen LogP contribution in [0.15, 0.2) is 11.6 Å². The number of halogens is 3. The Labute approximate surface area is 343 Å². The molecule has 312 valence electrons. The summed E-state index contributed by atoms with van der Waals surface area (Å²) >= 11 is 0. The Hall–Kier alpha value is -0.570. The maximum Gasteiger partial charge on any atom is 0.306 e. The Morgan fingerprint density at radius 1 is 0.830 bits per heavy atom. The summed E-state index contributed by atoms with van der Waals surface area (Å²) in [4.78, 5) is 27.9. The van der Waals surface area contributed by atoms with E-state index in [0.29, 0.717) is 44.3 Å². The van der Waals surface area contributed by atoms with E-state index < -0.39 is 0 Å². The summed E-state index contributed by atoms with van der Waals surface area (Å²) in [7, 11) is 0. The molecule has 4 aliphatic carbocycles. The summed E-state index contributed by atoms with van der Waals surface area (Å²) in [6, 6.07) is 0. The van der Waals surface area contributed by atoms with Gasteiger partial charge in [-0.3, -0.25) is 9.59 Å². The number of fused-ring (bicyclic) bond motifs is 5. The fraction of sp³-hybridized carbons (Fsp3) is 0.907. The van der Waals surface area contributed by atoms with E-state index in [-0.39, 0.29) is 60.6 Å². The Bertz CT molecular complexity index is 1090. The highest BCUT2D eigenvalue weighted by Crippen LogP contribution is 2.67. The number of carbonyl (C=O) groups is 2. The van der Waals surface area contributed by atoms with E-state index in [0.717, 1.165) is 107 Å². The minimum Gasteiger partial charge on any atom is -0.462 e. The first-order valence-electron chi connectivity index (χ1n) is 21.3. The zero-order valence-corrected chi connectivity index (χ0v) is 36.8. The van der Waals surface area contributed by atoms with Gasteiger partial charge in [-0.1, -0.05) is 65.5 Å². The average Bonchev–Trinajstić information content (AvgIpc) is 3.44. The molecule has 53 heavy (non-hydrogen) atoms. The van der Waals surface area contributed by atoms with Crippen LogP contribution < -0.4 is 16.8 Å². The number of nitrogens with two attached hydrogens (primary N) is 2. The molecule has 0 saturated heterocycles. The van der Waals surface area contributed by atoms with Crippen LogP contribution >= 0.6 is 37.2 Å². The Kier molecular flexibility index (Phi) is 23.7. The van der Waals surface area contributed by atoms with Gasteiger partial charge in [-0.15, -0.1) is 37.2 Å². The lowest BCUT2D eigenvalue weighted by Gasteiger charge is -2.58.